The number of carbonyl (C=O) groups excluding carboxylic acids is 1. The van der Waals surface area contributed by atoms with Crippen LogP contribution in [-0.2, 0) is 6.42 Å². The van der Waals surface area contributed by atoms with Gasteiger partial charge in [0, 0.05) is 5.56 Å². The number of rotatable bonds is 2. The van der Waals surface area contributed by atoms with E-state index < -0.39 is 0 Å². The van der Waals surface area contributed by atoms with Crippen molar-refractivity contribution in [3.05, 3.63) is 34.6 Å². The van der Waals surface area contributed by atoms with Gasteiger partial charge in [-0.05, 0) is 30.2 Å². The van der Waals surface area contributed by atoms with Gasteiger partial charge in [-0.1, -0.05) is 0 Å². The number of hydrogen-bond donors (Lipinski definition) is 0. The van der Waals surface area contributed by atoms with Crippen LogP contribution in [0.15, 0.2) is 12.1 Å². The number of aryl methyl sites for hydroxylation is 1. The summed E-state index contributed by atoms with van der Waals surface area (Å²) in [5, 5.41) is 8.41. The van der Waals surface area contributed by atoms with Gasteiger partial charge in [0.25, 0.3) is 0 Å². The van der Waals surface area contributed by atoms with Crippen LogP contribution in [0.5, 0.6) is 0 Å². The highest BCUT2D eigenvalue weighted by molar-refractivity contribution is 5.77. The lowest BCUT2D eigenvalue weighted by molar-refractivity contribution is 0.112. The Labute approximate surface area is 75.6 Å². The molecule has 0 atom stereocenters. The van der Waals surface area contributed by atoms with E-state index in [1.807, 2.05) is 6.07 Å². The average Bonchev–Trinajstić information content (AvgIpc) is 2.11. The van der Waals surface area contributed by atoms with Crippen molar-refractivity contribution >= 4 is 6.29 Å². The van der Waals surface area contributed by atoms with Crippen LogP contribution in [0.25, 0.3) is 0 Å². The van der Waals surface area contributed by atoms with Gasteiger partial charge in [0.15, 0.2) is 0 Å². The molecule has 0 aliphatic carbocycles. The summed E-state index contributed by atoms with van der Waals surface area (Å²) in [6.07, 6.45) is 0.699. The summed E-state index contributed by atoms with van der Waals surface area (Å²) < 4.78 is 13.0. The quantitative estimate of drug-likeness (QED) is 0.648. The smallest absolute Gasteiger partial charge is 0.150 e. The SMILES string of the molecule is Cc1cc(C=O)c(CC#N)cc1F. The predicted octanol–water partition coefficient (Wildman–Crippen LogP) is 2.01. The number of halogens is 1. The van der Waals surface area contributed by atoms with E-state index in [9.17, 15) is 9.18 Å². The van der Waals surface area contributed by atoms with Gasteiger partial charge in [-0.15, -0.1) is 0 Å². The van der Waals surface area contributed by atoms with Crippen molar-refractivity contribution < 1.29 is 9.18 Å². The molecule has 1 aromatic carbocycles. The number of benzene rings is 1. The number of nitrogens with zero attached hydrogens (tertiary/aromatic N) is 1. The van der Waals surface area contributed by atoms with Crippen LogP contribution >= 0.6 is 0 Å². The molecule has 1 rings (SSSR count). The van der Waals surface area contributed by atoms with Gasteiger partial charge in [-0.3, -0.25) is 4.79 Å². The first-order valence-electron chi connectivity index (χ1n) is 3.80. The molecule has 2 nitrogen and oxygen atoms in total. The topological polar surface area (TPSA) is 40.9 Å². The first kappa shape index (κ1) is 9.40. The summed E-state index contributed by atoms with van der Waals surface area (Å²) in [4.78, 5) is 10.5. The Morgan fingerprint density at radius 2 is 2.31 bits per heavy atom. The van der Waals surface area contributed by atoms with Crippen molar-refractivity contribution in [1.29, 1.82) is 5.26 Å². The Bertz CT molecular complexity index is 379. The monoisotopic (exact) mass is 177 g/mol. The van der Waals surface area contributed by atoms with Crippen LogP contribution in [-0.4, -0.2) is 6.29 Å². The van der Waals surface area contributed by atoms with E-state index in [0.29, 0.717) is 23.0 Å². The molecular weight excluding hydrogens is 169 g/mol. The molecule has 0 fully saturated rings. The second-order valence-corrected chi connectivity index (χ2v) is 2.75. The molecule has 0 radical (unpaired) electrons. The number of hydrogen-bond acceptors (Lipinski definition) is 2. The van der Waals surface area contributed by atoms with E-state index in [1.54, 1.807) is 6.92 Å². The van der Waals surface area contributed by atoms with Gasteiger partial charge < -0.3 is 0 Å². The van der Waals surface area contributed by atoms with E-state index in [1.165, 1.54) is 12.1 Å². The highest BCUT2D eigenvalue weighted by Crippen LogP contribution is 2.14. The van der Waals surface area contributed by atoms with Crippen molar-refractivity contribution in [2.45, 2.75) is 13.3 Å². The summed E-state index contributed by atoms with van der Waals surface area (Å²) in [5.41, 5.74) is 1.25. The van der Waals surface area contributed by atoms with E-state index in [4.69, 9.17) is 5.26 Å². The van der Waals surface area contributed by atoms with Crippen LogP contribution < -0.4 is 0 Å². The minimum absolute atomic E-state index is 0.0608. The van der Waals surface area contributed by atoms with Crippen LogP contribution in [0.3, 0.4) is 0 Å². The maximum absolute atomic E-state index is 13.0. The van der Waals surface area contributed by atoms with Crippen molar-refractivity contribution in [3.63, 3.8) is 0 Å². The van der Waals surface area contributed by atoms with Crippen LogP contribution in [0, 0.1) is 24.1 Å². The molecule has 0 saturated carbocycles. The van der Waals surface area contributed by atoms with Gasteiger partial charge in [-0.25, -0.2) is 4.39 Å². The second-order valence-electron chi connectivity index (χ2n) is 2.75. The van der Waals surface area contributed by atoms with Crippen molar-refractivity contribution in [2.24, 2.45) is 0 Å². The Morgan fingerprint density at radius 3 is 2.85 bits per heavy atom. The lowest BCUT2D eigenvalue weighted by atomic mass is 10.0. The van der Waals surface area contributed by atoms with Crippen molar-refractivity contribution in [3.8, 4) is 6.07 Å². The Balaban J connectivity index is 3.26. The molecule has 0 aliphatic heterocycles. The fourth-order valence-electron chi connectivity index (χ4n) is 1.09. The molecule has 0 aromatic heterocycles. The minimum atomic E-state index is -0.379. The van der Waals surface area contributed by atoms with Crippen molar-refractivity contribution in [1.82, 2.24) is 0 Å². The predicted molar refractivity (Wildman–Crippen MR) is 45.8 cm³/mol. The molecule has 1 aromatic rings. The Hall–Kier alpha value is -1.69. The molecular formula is C10H8FNO. The van der Waals surface area contributed by atoms with Crippen LogP contribution in [0.2, 0.25) is 0 Å². The lowest BCUT2D eigenvalue weighted by Gasteiger charge is -2.02. The number of nitriles is 1. The van der Waals surface area contributed by atoms with E-state index in [-0.39, 0.29) is 12.2 Å². The fourth-order valence-corrected chi connectivity index (χ4v) is 1.09. The van der Waals surface area contributed by atoms with Gasteiger partial charge in [0.05, 0.1) is 12.5 Å². The zero-order valence-corrected chi connectivity index (χ0v) is 7.17. The second kappa shape index (κ2) is 3.81. The Morgan fingerprint density at radius 1 is 1.62 bits per heavy atom. The highest BCUT2D eigenvalue weighted by atomic mass is 19.1. The lowest BCUT2D eigenvalue weighted by Crippen LogP contribution is -1.95. The number of carbonyl (C=O) groups is 1. The summed E-state index contributed by atoms with van der Waals surface area (Å²) in [6.45, 7) is 1.58. The zero-order chi connectivity index (χ0) is 9.84. The standard InChI is InChI=1S/C10H8FNO/c1-7-4-9(6-13)8(2-3-12)5-10(7)11/h4-6H,2H2,1H3. The van der Waals surface area contributed by atoms with Crippen molar-refractivity contribution in [2.75, 3.05) is 0 Å². The first-order chi connectivity index (χ1) is 6.19. The van der Waals surface area contributed by atoms with Gasteiger partial charge in [-0.2, -0.15) is 5.26 Å². The maximum Gasteiger partial charge on any atom is 0.150 e. The maximum atomic E-state index is 13.0. The normalized spacial score (nSPS) is 9.31. The molecule has 0 saturated heterocycles. The minimum Gasteiger partial charge on any atom is -0.298 e. The fraction of sp³-hybridized carbons (Fsp3) is 0.200. The van der Waals surface area contributed by atoms with E-state index in [2.05, 4.69) is 0 Å². The molecule has 0 spiro atoms. The Kier molecular flexibility index (Phi) is 2.76. The third-order valence-corrected chi connectivity index (χ3v) is 1.82. The van der Waals surface area contributed by atoms with Gasteiger partial charge >= 0.3 is 0 Å². The third-order valence-electron chi connectivity index (χ3n) is 1.82. The largest absolute Gasteiger partial charge is 0.298 e. The summed E-state index contributed by atoms with van der Waals surface area (Å²) in [6, 6.07) is 4.57. The molecule has 0 bridgehead atoms. The first-order valence-corrected chi connectivity index (χ1v) is 3.80. The molecule has 0 aliphatic rings. The van der Waals surface area contributed by atoms with E-state index in [0.717, 1.165) is 0 Å². The molecule has 0 amide bonds. The third kappa shape index (κ3) is 1.91. The van der Waals surface area contributed by atoms with Crippen LogP contribution in [0.4, 0.5) is 4.39 Å². The summed E-state index contributed by atoms with van der Waals surface area (Å²) in [5.74, 6) is -0.379. The van der Waals surface area contributed by atoms with Crippen LogP contribution in [0.1, 0.15) is 21.5 Å². The molecule has 0 unspecified atom stereocenters. The summed E-state index contributed by atoms with van der Waals surface area (Å²) in [7, 11) is 0. The molecule has 0 N–H and O–H groups in total. The van der Waals surface area contributed by atoms with Gasteiger partial charge in [0.1, 0.15) is 12.1 Å². The molecule has 3 heteroatoms. The van der Waals surface area contributed by atoms with E-state index >= 15 is 0 Å². The van der Waals surface area contributed by atoms with Gasteiger partial charge in [0.2, 0.25) is 0 Å². The number of aldehydes is 1. The molecule has 0 heterocycles. The summed E-state index contributed by atoms with van der Waals surface area (Å²) >= 11 is 0. The highest BCUT2D eigenvalue weighted by Gasteiger charge is 2.05. The average molecular weight is 177 g/mol. The molecule has 13 heavy (non-hydrogen) atoms. The zero-order valence-electron chi connectivity index (χ0n) is 7.17. The molecule has 66 valence electrons.